The summed E-state index contributed by atoms with van der Waals surface area (Å²) >= 11 is 0. The van der Waals surface area contributed by atoms with Gasteiger partial charge in [0.05, 0.1) is 13.7 Å². The van der Waals surface area contributed by atoms with Gasteiger partial charge in [0.15, 0.2) is 0 Å². The Balaban J connectivity index is 1.95. The van der Waals surface area contributed by atoms with Crippen LogP contribution in [0.2, 0.25) is 0 Å². The van der Waals surface area contributed by atoms with E-state index in [2.05, 4.69) is 12.2 Å². The molecular formula is C14H21NO3. The molecule has 18 heavy (non-hydrogen) atoms. The Hall–Kier alpha value is -1.29. The number of furan rings is 1. The smallest absolute Gasteiger partial charge is 0.341 e. The van der Waals surface area contributed by atoms with Crippen LogP contribution in [-0.2, 0) is 11.3 Å². The first-order valence-corrected chi connectivity index (χ1v) is 6.53. The number of hydrogen-bond acceptors (Lipinski definition) is 4. The number of rotatable bonds is 4. The molecule has 0 radical (unpaired) electrons. The molecule has 1 aliphatic rings. The number of nitrogens with one attached hydrogen (secondary N) is 1. The molecule has 4 nitrogen and oxygen atoms in total. The third-order valence-corrected chi connectivity index (χ3v) is 3.77. The van der Waals surface area contributed by atoms with Gasteiger partial charge in [-0.25, -0.2) is 4.79 Å². The second-order valence-corrected chi connectivity index (χ2v) is 5.07. The van der Waals surface area contributed by atoms with E-state index in [-0.39, 0.29) is 5.97 Å². The maximum Gasteiger partial charge on any atom is 0.341 e. The minimum Gasteiger partial charge on any atom is -0.465 e. The van der Waals surface area contributed by atoms with Crippen molar-refractivity contribution in [1.29, 1.82) is 0 Å². The van der Waals surface area contributed by atoms with Gasteiger partial charge in [-0.05, 0) is 31.7 Å². The third kappa shape index (κ3) is 2.75. The van der Waals surface area contributed by atoms with Crippen LogP contribution >= 0.6 is 0 Å². The second kappa shape index (κ2) is 5.57. The van der Waals surface area contributed by atoms with E-state index in [4.69, 9.17) is 9.15 Å². The molecule has 0 bridgehead atoms. The largest absolute Gasteiger partial charge is 0.465 e. The molecule has 1 N–H and O–H groups in total. The molecule has 100 valence electrons. The highest BCUT2D eigenvalue weighted by molar-refractivity contribution is 5.90. The van der Waals surface area contributed by atoms with Crippen molar-refractivity contribution in [2.24, 2.45) is 5.92 Å². The Morgan fingerprint density at radius 3 is 2.94 bits per heavy atom. The van der Waals surface area contributed by atoms with Gasteiger partial charge in [-0.2, -0.15) is 0 Å². The Kier molecular flexibility index (Phi) is 4.07. The van der Waals surface area contributed by atoms with Crippen LogP contribution in [0.5, 0.6) is 0 Å². The summed E-state index contributed by atoms with van der Waals surface area (Å²) in [5, 5.41) is 3.50. The van der Waals surface area contributed by atoms with Crippen LogP contribution in [0.4, 0.5) is 0 Å². The lowest BCUT2D eigenvalue weighted by Crippen LogP contribution is -2.30. The molecule has 2 unspecified atom stereocenters. The zero-order chi connectivity index (χ0) is 13.1. The Labute approximate surface area is 108 Å². The molecule has 2 atom stereocenters. The first-order chi connectivity index (χ1) is 8.61. The van der Waals surface area contributed by atoms with Gasteiger partial charge in [-0.15, -0.1) is 0 Å². The van der Waals surface area contributed by atoms with Crippen molar-refractivity contribution in [3.8, 4) is 0 Å². The van der Waals surface area contributed by atoms with Gasteiger partial charge < -0.3 is 14.5 Å². The minimum absolute atomic E-state index is 0.336. The molecule has 0 spiro atoms. The molecule has 1 saturated carbocycles. The van der Waals surface area contributed by atoms with Crippen LogP contribution in [0.25, 0.3) is 0 Å². The zero-order valence-electron chi connectivity index (χ0n) is 11.3. The molecule has 1 aromatic heterocycles. The number of carbonyl (C=O) groups is 1. The van der Waals surface area contributed by atoms with Crippen LogP contribution < -0.4 is 5.32 Å². The van der Waals surface area contributed by atoms with Gasteiger partial charge in [-0.1, -0.05) is 13.3 Å². The van der Waals surface area contributed by atoms with E-state index in [9.17, 15) is 4.79 Å². The average Bonchev–Trinajstić information content (AvgIpc) is 2.92. The van der Waals surface area contributed by atoms with Crippen molar-refractivity contribution in [2.75, 3.05) is 7.11 Å². The van der Waals surface area contributed by atoms with Gasteiger partial charge in [0, 0.05) is 6.04 Å². The predicted octanol–water partition coefficient (Wildman–Crippen LogP) is 2.65. The highest BCUT2D eigenvalue weighted by Gasteiger charge is 2.23. The number of ether oxygens (including phenoxy) is 1. The minimum atomic E-state index is -0.336. The van der Waals surface area contributed by atoms with Crippen LogP contribution in [0.1, 0.15) is 48.1 Å². The summed E-state index contributed by atoms with van der Waals surface area (Å²) in [6.45, 7) is 4.73. The summed E-state index contributed by atoms with van der Waals surface area (Å²) in [5.74, 6) is 1.81. The van der Waals surface area contributed by atoms with Crippen molar-refractivity contribution in [1.82, 2.24) is 5.32 Å². The number of hydrogen-bond donors (Lipinski definition) is 1. The summed E-state index contributed by atoms with van der Waals surface area (Å²) in [4.78, 5) is 11.5. The highest BCUT2D eigenvalue weighted by atomic mass is 16.5. The van der Waals surface area contributed by atoms with E-state index in [1.54, 1.807) is 13.0 Å². The second-order valence-electron chi connectivity index (χ2n) is 5.07. The van der Waals surface area contributed by atoms with Crippen molar-refractivity contribution in [3.05, 3.63) is 23.2 Å². The lowest BCUT2D eigenvalue weighted by Gasteiger charge is -2.16. The van der Waals surface area contributed by atoms with E-state index in [0.717, 1.165) is 11.7 Å². The number of esters is 1. The van der Waals surface area contributed by atoms with Gasteiger partial charge in [0.2, 0.25) is 0 Å². The van der Waals surface area contributed by atoms with Crippen molar-refractivity contribution < 1.29 is 13.9 Å². The monoisotopic (exact) mass is 251 g/mol. The maximum atomic E-state index is 11.5. The molecule has 0 saturated heterocycles. The van der Waals surface area contributed by atoms with E-state index in [1.165, 1.54) is 26.4 Å². The molecule has 0 amide bonds. The zero-order valence-corrected chi connectivity index (χ0v) is 11.3. The molecule has 2 rings (SSSR count). The van der Waals surface area contributed by atoms with Crippen LogP contribution in [0.3, 0.4) is 0 Å². The van der Waals surface area contributed by atoms with Crippen LogP contribution in [0.15, 0.2) is 10.5 Å². The summed E-state index contributed by atoms with van der Waals surface area (Å²) in [6.07, 6.45) is 3.82. The van der Waals surface area contributed by atoms with Crippen LogP contribution in [-0.4, -0.2) is 19.1 Å². The number of aryl methyl sites for hydroxylation is 1. The average molecular weight is 251 g/mol. The Morgan fingerprint density at radius 1 is 1.56 bits per heavy atom. The molecule has 1 aliphatic carbocycles. The highest BCUT2D eigenvalue weighted by Crippen LogP contribution is 2.25. The van der Waals surface area contributed by atoms with Gasteiger partial charge in [0.1, 0.15) is 17.1 Å². The molecule has 1 heterocycles. The van der Waals surface area contributed by atoms with Gasteiger partial charge in [-0.3, -0.25) is 0 Å². The van der Waals surface area contributed by atoms with Gasteiger partial charge in [0.25, 0.3) is 0 Å². The number of carbonyl (C=O) groups excluding carboxylic acids is 1. The lowest BCUT2D eigenvalue weighted by molar-refractivity contribution is 0.0599. The Morgan fingerprint density at radius 2 is 2.33 bits per heavy atom. The fourth-order valence-electron chi connectivity index (χ4n) is 2.62. The SMILES string of the molecule is COC(=O)c1cc(CNC2CCCC2C)oc1C. The summed E-state index contributed by atoms with van der Waals surface area (Å²) in [6, 6.07) is 2.34. The standard InChI is InChI=1S/C14H21NO3/c1-9-5-4-6-13(9)15-8-11-7-12(10(2)18-11)14(16)17-3/h7,9,13,15H,4-6,8H2,1-3H3. The molecule has 1 fully saturated rings. The Bertz CT molecular complexity index is 425. The van der Waals surface area contributed by atoms with Gasteiger partial charge >= 0.3 is 5.97 Å². The summed E-state index contributed by atoms with van der Waals surface area (Å²) < 4.78 is 10.3. The topological polar surface area (TPSA) is 51.5 Å². The number of methoxy groups -OCH3 is 1. The molecule has 4 heteroatoms. The quantitative estimate of drug-likeness (QED) is 0.836. The van der Waals surface area contributed by atoms with Crippen molar-refractivity contribution in [3.63, 3.8) is 0 Å². The van der Waals surface area contributed by atoms with E-state index in [1.807, 2.05) is 0 Å². The van der Waals surface area contributed by atoms with Crippen molar-refractivity contribution in [2.45, 2.75) is 45.7 Å². The van der Waals surface area contributed by atoms with E-state index in [0.29, 0.717) is 23.9 Å². The summed E-state index contributed by atoms with van der Waals surface area (Å²) in [7, 11) is 1.38. The molecule has 1 aromatic rings. The maximum absolute atomic E-state index is 11.5. The predicted molar refractivity (Wildman–Crippen MR) is 68.4 cm³/mol. The summed E-state index contributed by atoms with van der Waals surface area (Å²) in [5.41, 5.74) is 0.522. The fourth-order valence-corrected chi connectivity index (χ4v) is 2.62. The molecule has 0 aromatic carbocycles. The molecular weight excluding hydrogens is 230 g/mol. The first-order valence-electron chi connectivity index (χ1n) is 6.53. The third-order valence-electron chi connectivity index (χ3n) is 3.77. The van der Waals surface area contributed by atoms with Crippen LogP contribution in [0, 0.1) is 12.8 Å². The van der Waals surface area contributed by atoms with Crippen molar-refractivity contribution >= 4 is 5.97 Å². The van der Waals surface area contributed by atoms with E-state index < -0.39 is 0 Å². The molecule has 0 aliphatic heterocycles. The first kappa shape index (κ1) is 13.1. The van der Waals surface area contributed by atoms with E-state index >= 15 is 0 Å². The fraction of sp³-hybridized carbons (Fsp3) is 0.643. The lowest BCUT2D eigenvalue weighted by atomic mass is 10.1. The normalized spacial score (nSPS) is 23.3.